The zero-order valence-electron chi connectivity index (χ0n) is 13.0. The lowest BCUT2D eigenvalue weighted by Crippen LogP contribution is -2.37. The second-order valence-corrected chi connectivity index (χ2v) is 8.38. The Hall–Kier alpha value is -0.430. The van der Waals surface area contributed by atoms with Crippen LogP contribution in [-0.4, -0.2) is 31.4 Å². The summed E-state index contributed by atoms with van der Waals surface area (Å²) in [5.41, 5.74) is 0. The van der Waals surface area contributed by atoms with Crippen LogP contribution in [0.3, 0.4) is 0 Å². The van der Waals surface area contributed by atoms with Gasteiger partial charge < -0.3 is 5.32 Å². The van der Waals surface area contributed by atoms with Gasteiger partial charge in [0.1, 0.15) is 0 Å². The first kappa shape index (κ1) is 17.6. The van der Waals surface area contributed by atoms with Crippen LogP contribution in [0.2, 0.25) is 0 Å². The Morgan fingerprint density at radius 2 is 1.95 bits per heavy atom. The Labute approximate surface area is 127 Å². The first-order valence-corrected chi connectivity index (χ1v) is 9.43. The van der Waals surface area contributed by atoms with Crippen LogP contribution < -0.4 is 5.32 Å². The Morgan fingerprint density at radius 3 is 2.45 bits per heavy atom. The molecule has 4 nitrogen and oxygen atoms in total. The van der Waals surface area contributed by atoms with E-state index in [1.165, 1.54) is 11.3 Å². The van der Waals surface area contributed by atoms with Crippen molar-refractivity contribution in [3.8, 4) is 0 Å². The van der Waals surface area contributed by atoms with Crippen LogP contribution in [0.1, 0.15) is 45.9 Å². The average Bonchev–Trinajstić information content (AvgIpc) is 2.82. The first-order valence-electron chi connectivity index (χ1n) is 7.11. The second-order valence-electron chi connectivity index (χ2n) is 5.49. The number of hydrogen-bond donors (Lipinski definition) is 1. The predicted molar refractivity (Wildman–Crippen MR) is 85.6 cm³/mol. The molecule has 0 aliphatic rings. The zero-order chi connectivity index (χ0) is 15.3. The molecule has 0 atom stereocenters. The topological polar surface area (TPSA) is 49.4 Å². The number of rotatable bonds is 8. The van der Waals surface area contributed by atoms with Crippen LogP contribution in [0.5, 0.6) is 0 Å². The molecule has 0 aromatic carbocycles. The van der Waals surface area contributed by atoms with E-state index in [0.29, 0.717) is 24.0 Å². The van der Waals surface area contributed by atoms with Gasteiger partial charge in [-0.05, 0) is 26.3 Å². The van der Waals surface area contributed by atoms with Crippen LogP contribution in [0.4, 0.5) is 0 Å². The third kappa shape index (κ3) is 4.55. The summed E-state index contributed by atoms with van der Waals surface area (Å²) in [7, 11) is -3.36. The molecule has 6 heteroatoms. The van der Waals surface area contributed by atoms with Gasteiger partial charge in [-0.1, -0.05) is 20.8 Å². The van der Waals surface area contributed by atoms with E-state index >= 15 is 0 Å². The molecule has 0 saturated carbocycles. The van der Waals surface area contributed by atoms with Crippen LogP contribution in [0.25, 0.3) is 0 Å². The fraction of sp³-hybridized carbons (Fsp3) is 0.714. The van der Waals surface area contributed by atoms with E-state index in [4.69, 9.17) is 0 Å². The fourth-order valence-electron chi connectivity index (χ4n) is 1.90. The Balaban J connectivity index is 2.92. The standard InChI is InChI=1S/C14H26N2O2S2/c1-6-7-16(12(4)5)20(17,18)14-8-13(19-10-14)9-15-11(2)3/h8,10-12,15H,6-7,9H2,1-5H3. The summed E-state index contributed by atoms with van der Waals surface area (Å²) in [4.78, 5) is 1.47. The lowest BCUT2D eigenvalue weighted by atomic mass is 10.4. The average molecular weight is 319 g/mol. The Morgan fingerprint density at radius 1 is 1.30 bits per heavy atom. The van der Waals surface area contributed by atoms with Gasteiger partial charge in [-0.3, -0.25) is 0 Å². The van der Waals surface area contributed by atoms with Crippen LogP contribution in [0.15, 0.2) is 16.3 Å². The maximum Gasteiger partial charge on any atom is 0.244 e. The molecule has 0 spiro atoms. The highest BCUT2D eigenvalue weighted by Gasteiger charge is 2.27. The van der Waals surface area contributed by atoms with Gasteiger partial charge in [0.05, 0.1) is 4.90 Å². The van der Waals surface area contributed by atoms with E-state index in [-0.39, 0.29) is 6.04 Å². The fourth-order valence-corrected chi connectivity index (χ4v) is 4.85. The van der Waals surface area contributed by atoms with Gasteiger partial charge in [-0.2, -0.15) is 4.31 Å². The van der Waals surface area contributed by atoms with Gasteiger partial charge in [-0.15, -0.1) is 11.3 Å². The molecule has 116 valence electrons. The maximum absolute atomic E-state index is 12.6. The monoisotopic (exact) mass is 318 g/mol. The van der Waals surface area contributed by atoms with Gasteiger partial charge >= 0.3 is 0 Å². The highest BCUT2D eigenvalue weighted by atomic mass is 32.2. The molecule has 1 rings (SSSR count). The third-order valence-electron chi connectivity index (χ3n) is 2.94. The maximum atomic E-state index is 12.6. The molecule has 0 unspecified atom stereocenters. The van der Waals surface area contributed by atoms with Crippen LogP contribution in [-0.2, 0) is 16.6 Å². The van der Waals surface area contributed by atoms with Crippen LogP contribution >= 0.6 is 11.3 Å². The molecular weight excluding hydrogens is 292 g/mol. The minimum atomic E-state index is -3.36. The summed E-state index contributed by atoms with van der Waals surface area (Å²) >= 11 is 1.50. The smallest absolute Gasteiger partial charge is 0.244 e. The van der Waals surface area contributed by atoms with Gasteiger partial charge in [0.2, 0.25) is 10.0 Å². The quantitative estimate of drug-likeness (QED) is 0.801. The normalized spacial score (nSPS) is 12.8. The van der Waals surface area contributed by atoms with E-state index in [1.807, 2.05) is 20.8 Å². The number of hydrogen-bond acceptors (Lipinski definition) is 4. The van der Waals surface area contributed by atoms with Crippen molar-refractivity contribution >= 4 is 21.4 Å². The molecule has 0 saturated heterocycles. The van der Waals surface area contributed by atoms with Crippen molar-refractivity contribution in [2.24, 2.45) is 0 Å². The third-order valence-corrected chi connectivity index (χ3v) is 6.08. The molecule has 0 bridgehead atoms. The first-order chi connectivity index (χ1) is 9.28. The zero-order valence-corrected chi connectivity index (χ0v) is 14.6. The van der Waals surface area contributed by atoms with Crippen molar-refractivity contribution in [1.29, 1.82) is 0 Å². The lowest BCUT2D eigenvalue weighted by Gasteiger charge is -2.24. The molecule has 0 aliphatic heterocycles. The molecule has 1 heterocycles. The summed E-state index contributed by atoms with van der Waals surface area (Å²) in [6.07, 6.45) is 0.823. The van der Waals surface area contributed by atoms with E-state index in [0.717, 1.165) is 11.3 Å². The van der Waals surface area contributed by atoms with Crippen molar-refractivity contribution in [2.45, 2.75) is 64.6 Å². The van der Waals surface area contributed by atoms with E-state index < -0.39 is 10.0 Å². The number of nitrogens with zero attached hydrogens (tertiary/aromatic N) is 1. The Kier molecular flexibility index (Phi) is 6.64. The van der Waals surface area contributed by atoms with Gasteiger partial charge in [0.25, 0.3) is 0 Å². The summed E-state index contributed by atoms with van der Waals surface area (Å²) < 4.78 is 26.8. The summed E-state index contributed by atoms with van der Waals surface area (Å²) in [6.45, 7) is 11.3. The Bertz CT molecular complexity index is 507. The minimum absolute atomic E-state index is 0.0166. The lowest BCUT2D eigenvalue weighted by molar-refractivity contribution is 0.354. The summed E-state index contributed by atoms with van der Waals surface area (Å²) in [5.74, 6) is 0. The van der Waals surface area contributed by atoms with Gasteiger partial charge in [0, 0.05) is 35.4 Å². The van der Waals surface area contributed by atoms with E-state index in [2.05, 4.69) is 19.2 Å². The summed E-state index contributed by atoms with van der Waals surface area (Å²) in [5, 5.41) is 5.05. The van der Waals surface area contributed by atoms with E-state index in [1.54, 1.807) is 15.8 Å². The molecular formula is C14H26N2O2S2. The molecule has 20 heavy (non-hydrogen) atoms. The number of sulfonamides is 1. The number of thiophene rings is 1. The largest absolute Gasteiger partial charge is 0.310 e. The van der Waals surface area contributed by atoms with Crippen molar-refractivity contribution in [2.75, 3.05) is 6.54 Å². The number of nitrogens with one attached hydrogen (secondary N) is 1. The summed E-state index contributed by atoms with van der Waals surface area (Å²) in [6, 6.07) is 2.17. The van der Waals surface area contributed by atoms with Gasteiger partial charge in [-0.25, -0.2) is 8.42 Å². The molecule has 1 aromatic rings. The highest BCUT2D eigenvalue weighted by Crippen LogP contribution is 2.24. The molecule has 1 aromatic heterocycles. The molecule has 0 radical (unpaired) electrons. The van der Waals surface area contributed by atoms with Crippen molar-refractivity contribution < 1.29 is 8.42 Å². The second kappa shape index (κ2) is 7.54. The molecule has 0 fully saturated rings. The minimum Gasteiger partial charge on any atom is -0.310 e. The molecule has 0 aliphatic carbocycles. The molecule has 1 N–H and O–H groups in total. The van der Waals surface area contributed by atoms with Crippen LogP contribution in [0, 0.1) is 0 Å². The van der Waals surface area contributed by atoms with Gasteiger partial charge in [0.15, 0.2) is 0 Å². The van der Waals surface area contributed by atoms with E-state index in [9.17, 15) is 8.42 Å². The molecule has 0 amide bonds. The van der Waals surface area contributed by atoms with Crippen molar-refractivity contribution in [3.05, 3.63) is 16.3 Å². The predicted octanol–water partition coefficient (Wildman–Crippen LogP) is 3.06. The highest BCUT2D eigenvalue weighted by molar-refractivity contribution is 7.89. The van der Waals surface area contributed by atoms with Crippen molar-refractivity contribution in [1.82, 2.24) is 9.62 Å². The van der Waals surface area contributed by atoms with Crippen molar-refractivity contribution in [3.63, 3.8) is 0 Å². The SMILES string of the molecule is CCCN(C(C)C)S(=O)(=O)c1csc(CNC(C)C)c1.